The predicted octanol–water partition coefficient (Wildman–Crippen LogP) is 4.92. The minimum atomic E-state index is -1.29. The van der Waals surface area contributed by atoms with E-state index in [1.807, 2.05) is 18.2 Å². The summed E-state index contributed by atoms with van der Waals surface area (Å²) >= 11 is 5.99. The quantitative estimate of drug-likeness (QED) is 0.237. The number of benzene rings is 2. The van der Waals surface area contributed by atoms with Crippen LogP contribution in [-0.4, -0.2) is 66.3 Å². The van der Waals surface area contributed by atoms with Gasteiger partial charge in [0.25, 0.3) is 11.7 Å². The number of likely N-dealkylation sites (tertiary alicyclic amines) is 1. The minimum Gasteiger partial charge on any atom is -0.444 e. The summed E-state index contributed by atoms with van der Waals surface area (Å²) in [6.45, 7) is 5.57. The van der Waals surface area contributed by atoms with Crippen LogP contribution in [0.4, 0.5) is 4.39 Å². The van der Waals surface area contributed by atoms with Gasteiger partial charge >= 0.3 is 0 Å². The lowest BCUT2D eigenvalue weighted by molar-refractivity contribution is -0.0712. The average molecular weight is 659 g/mol. The molecular weight excluding hydrogens is 627 g/mol. The maximum atomic E-state index is 14.9. The van der Waals surface area contributed by atoms with Crippen molar-refractivity contribution in [3.8, 4) is 23.0 Å². The van der Waals surface area contributed by atoms with Gasteiger partial charge in [-0.25, -0.2) is 14.4 Å². The normalized spacial score (nSPS) is 21.3. The summed E-state index contributed by atoms with van der Waals surface area (Å²) in [5.41, 5.74) is 8.85. The summed E-state index contributed by atoms with van der Waals surface area (Å²) < 4.78 is 35.4. The fraction of sp³-hybridized carbons (Fsp3) is 0.364. The van der Waals surface area contributed by atoms with Gasteiger partial charge in [-0.15, -0.1) is 0 Å². The van der Waals surface area contributed by atoms with Gasteiger partial charge in [0.15, 0.2) is 17.3 Å². The predicted molar refractivity (Wildman–Crippen MR) is 169 cm³/mol. The highest BCUT2D eigenvalue weighted by atomic mass is 35.5. The summed E-state index contributed by atoms with van der Waals surface area (Å²) in [5.74, 6) is 0.263. The van der Waals surface area contributed by atoms with Crippen LogP contribution in [0.15, 0.2) is 48.7 Å². The molecule has 0 radical (unpaired) electrons. The molecule has 242 valence electrons. The number of hydrogen-bond donors (Lipinski definition) is 2. The van der Waals surface area contributed by atoms with Crippen molar-refractivity contribution >= 4 is 28.5 Å². The Morgan fingerprint density at radius 1 is 1.15 bits per heavy atom. The van der Waals surface area contributed by atoms with Crippen LogP contribution in [0, 0.1) is 5.82 Å². The number of nitrogens with two attached hydrogens (primary N) is 1. The van der Waals surface area contributed by atoms with Crippen LogP contribution in [-0.2, 0) is 23.6 Å². The van der Waals surface area contributed by atoms with Crippen LogP contribution in [0.5, 0.6) is 11.5 Å². The van der Waals surface area contributed by atoms with Crippen molar-refractivity contribution in [2.24, 2.45) is 5.73 Å². The van der Waals surface area contributed by atoms with Crippen LogP contribution >= 0.6 is 11.6 Å². The second-order valence-corrected chi connectivity index (χ2v) is 12.8. The van der Waals surface area contributed by atoms with Crippen molar-refractivity contribution in [2.75, 3.05) is 19.7 Å². The number of carbonyl (C=O) groups excluding carboxylic acids is 1. The number of hydrogen-bond acceptors (Lipinski definition) is 9. The summed E-state index contributed by atoms with van der Waals surface area (Å²) in [6.07, 6.45) is 4.73. The largest absolute Gasteiger partial charge is 0.444 e. The first-order valence-corrected chi connectivity index (χ1v) is 16.0. The van der Waals surface area contributed by atoms with Crippen LogP contribution in [0.3, 0.4) is 0 Å². The third-order valence-corrected chi connectivity index (χ3v) is 9.50. The molecule has 6 heterocycles. The third-order valence-electron chi connectivity index (χ3n) is 9.26. The van der Waals surface area contributed by atoms with E-state index in [4.69, 9.17) is 36.5 Å². The van der Waals surface area contributed by atoms with Crippen molar-refractivity contribution in [3.63, 3.8) is 0 Å². The monoisotopic (exact) mass is 658 g/mol. The Kier molecular flexibility index (Phi) is 7.34. The van der Waals surface area contributed by atoms with E-state index < -0.39 is 17.5 Å². The Morgan fingerprint density at radius 2 is 1.98 bits per heavy atom. The maximum Gasteiger partial charge on any atom is 0.286 e. The number of para-hydroxylation sites is 1. The number of primary amides is 1. The molecule has 0 bridgehead atoms. The van der Waals surface area contributed by atoms with E-state index in [1.165, 1.54) is 6.07 Å². The van der Waals surface area contributed by atoms with Gasteiger partial charge in [0.05, 0.1) is 42.0 Å². The first-order valence-electron chi connectivity index (χ1n) is 15.6. The molecule has 3 aliphatic rings. The molecule has 0 spiro atoms. The summed E-state index contributed by atoms with van der Waals surface area (Å²) in [7, 11) is 0. The van der Waals surface area contributed by atoms with E-state index >= 15 is 0 Å². The van der Waals surface area contributed by atoms with Gasteiger partial charge in [-0.05, 0) is 68.6 Å². The molecule has 3 N–H and O–H groups in total. The summed E-state index contributed by atoms with van der Waals surface area (Å²) in [4.78, 5) is 27.7. The number of H-pyrrole nitrogens is 1. The number of imidazole rings is 1. The number of aromatic nitrogens is 6. The van der Waals surface area contributed by atoms with Gasteiger partial charge in [0.2, 0.25) is 5.82 Å². The SMILES string of the molecule is C[C@]1(c2ccc(Cl)cc2F)Oc2cccc(C3CCN(Cc4nc5cc(-c6n[nH]c(C(N)=O)n6)ncc5n4C[C@@H]4CCO4)CC3)c2O1. The lowest BCUT2D eigenvalue weighted by Crippen LogP contribution is -2.35. The number of nitrogens with zero attached hydrogens (tertiary/aromatic N) is 6. The molecule has 8 rings (SSSR count). The Morgan fingerprint density at radius 3 is 2.70 bits per heavy atom. The number of ether oxygens (including phenoxy) is 3. The lowest BCUT2D eigenvalue weighted by Gasteiger charge is -2.33. The zero-order chi connectivity index (χ0) is 32.3. The molecule has 2 atom stereocenters. The average Bonchev–Trinajstić information content (AvgIpc) is 3.74. The molecule has 47 heavy (non-hydrogen) atoms. The molecule has 3 aromatic heterocycles. The van der Waals surface area contributed by atoms with E-state index in [1.54, 1.807) is 25.3 Å². The van der Waals surface area contributed by atoms with Crippen LogP contribution in [0.2, 0.25) is 5.02 Å². The van der Waals surface area contributed by atoms with Gasteiger partial charge in [0, 0.05) is 24.1 Å². The van der Waals surface area contributed by atoms with E-state index in [0.717, 1.165) is 61.4 Å². The molecule has 2 aromatic carbocycles. The second-order valence-electron chi connectivity index (χ2n) is 12.3. The maximum absolute atomic E-state index is 14.9. The van der Waals surface area contributed by atoms with E-state index in [2.05, 4.69) is 35.7 Å². The fourth-order valence-electron chi connectivity index (χ4n) is 6.68. The zero-order valence-corrected chi connectivity index (χ0v) is 26.3. The molecule has 3 aliphatic heterocycles. The third kappa shape index (κ3) is 5.47. The number of pyridine rings is 1. The van der Waals surface area contributed by atoms with Gasteiger partial charge < -0.3 is 24.5 Å². The van der Waals surface area contributed by atoms with E-state index in [-0.39, 0.29) is 23.7 Å². The highest BCUT2D eigenvalue weighted by Gasteiger charge is 2.43. The number of carbonyl (C=O) groups is 1. The molecule has 14 heteroatoms. The van der Waals surface area contributed by atoms with Crippen molar-refractivity contribution in [2.45, 2.75) is 57.1 Å². The molecule has 5 aromatic rings. The summed E-state index contributed by atoms with van der Waals surface area (Å²) in [5, 5.41) is 6.96. The zero-order valence-electron chi connectivity index (χ0n) is 25.6. The highest BCUT2D eigenvalue weighted by molar-refractivity contribution is 6.30. The molecule has 2 saturated heterocycles. The molecule has 0 unspecified atom stereocenters. The van der Waals surface area contributed by atoms with Crippen LogP contribution in [0.1, 0.15) is 59.7 Å². The van der Waals surface area contributed by atoms with Crippen LogP contribution < -0.4 is 15.2 Å². The van der Waals surface area contributed by atoms with Crippen molar-refractivity contribution in [1.82, 2.24) is 34.6 Å². The van der Waals surface area contributed by atoms with Gasteiger partial charge in [-0.2, -0.15) is 5.10 Å². The topological polar surface area (TPSA) is 146 Å². The van der Waals surface area contributed by atoms with Gasteiger partial charge in [-0.1, -0.05) is 23.7 Å². The number of piperidine rings is 1. The van der Waals surface area contributed by atoms with Crippen LogP contribution in [0.25, 0.3) is 22.6 Å². The Balaban J connectivity index is 0.999. The molecule has 0 saturated carbocycles. The molecule has 12 nitrogen and oxygen atoms in total. The van der Waals surface area contributed by atoms with Crippen molar-refractivity contribution < 1.29 is 23.4 Å². The minimum absolute atomic E-state index is 0.0253. The summed E-state index contributed by atoms with van der Waals surface area (Å²) in [6, 6.07) is 12.3. The fourth-order valence-corrected chi connectivity index (χ4v) is 6.84. The first kappa shape index (κ1) is 29.8. The highest BCUT2D eigenvalue weighted by Crippen LogP contribution is 2.50. The Hall–Kier alpha value is -4.59. The van der Waals surface area contributed by atoms with E-state index in [0.29, 0.717) is 40.9 Å². The standard InChI is InChI=1S/C33H32ClFN8O4/c1-33(22-6-5-19(34)13-23(22)35)46-27-4-2-3-21(29(27)47-33)18-7-10-42(11-8-18)17-28-38-24-14-25(31-39-32(30(36)44)41-40-31)37-15-26(24)43(28)16-20-9-12-45-20/h2-6,13-15,18,20H,7-12,16-17H2,1H3,(H2,36,44)(H,39,40,41)/t20-,33-/m0/s1. The van der Waals surface area contributed by atoms with Crippen molar-refractivity contribution in [1.29, 1.82) is 0 Å². The molecule has 2 fully saturated rings. The molecular formula is C33H32ClFN8O4. The first-order chi connectivity index (χ1) is 22.7. The molecule has 0 aliphatic carbocycles. The number of amides is 1. The van der Waals surface area contributed by atoms with Crippen molar-refractivity contribution in [3.05, 3.63) is 82.3 Å². The van der Waals surface area contributed by atoms with Gasteiger partial charge in [0.1, 0.15) is 17.3 Å². The smallest absolute Gasteiger partial charge is 0.286 e. The lowest BCUT2D eigenvalue weighted by atomic mass is 9.88. The number of fused-ring (bicyclic) bond motifs is 2. The number of rotatable bonds is 8. The number of aromatic amines is 1. The Labute approximate surface area is 274 Å². The molecule has 1 amide bonds. The number of halogens is 2. The second kappa shape index (κ2) is 11.6. The van der Waals surface area contributed by atoms with E-state index in [9.17, 15) is 9.18 Å². The number of nitrogens with one attached hydrogen (secondary N) is 1. The van der Waals surface area contributed by atoms with Gasteiger partial charge in [-0.3, -0.25) is 19.8 Å². The Bertz CT molecular complexity index is 2000.